The molecule has 31 heavy (non-hydrogen) atoms. The van der Waals surface area contributed by atoms with Gasteiger partial charge in [-0.1, -0.05) is 24.3 Å². The number of aromatic nitrogens is 2. The molecule has 1 spiro atoms. The molecule has 1 aromatic carbocycles. The molecular formula is C24H24N6S. The van der Waals surface area contributed by atoms with Crippen molar-refractivity contribution in [2.75, 3.05) is 31.1 Å². The smallest absolute Gasteiger partial charge is 0.189 e. The summed E-state index contributed by atoms with van der Waals surface area (Å²) in [5.41, 5.74) is 7.81. The minimum absolute atomic E-state index is 0.325. The molecule has 6 rings (SSSR count). The van der Waals surface area contributed by atoms with Crippen LogP contribution in [0, 0.1) is 5.41 Å². The molecule has 1 N–H and O–H groups in total. The fraction of sp³-hybridized carbons (Fsp3) is 0.333. The number of thiocarbonyl (C=S) groups is 1. The fourth-order valence-corrected chi connectivity index (χ4v) is 5.20. The van der Waals surface area contributed by atoms with Crippen LogP contribution in [0.2, 0.25) is 0 Å². The highest BCUT2D eigenvalue weighted by Crippen LogP contribution is 2.41. The Morgan fingerprint density at radius 2 is 1.87 bits per heavy atom. The molecule has 3 aliphatic rings. The van der Waals surface area contributed by atoms with Crippen LogP contribution in [0.5, 0.6) is 0 Å². The normalized spacial score (nSPS) is 20.3. The third-order valence-corrected chi connectivity index (χ3v) is 6.96. The summed E-state index contributed by atoms with van der Waals surface area (Å²) in [4.78, 5) is 13.9. The molecular weight excluding hydrogens is 404 g/mol. The number of rotatable bonds is 2. The standard InChI is InChI=1S/C24H24N6S/c31-23(28-27-20-9-3-6-18-7-4-12-25-22(18)20)30-15-24(16-30)13-29(14-24)21-11-10-17-5-1-2-8-19(17)26-21/h1-2,4-5,7-8,10-12H,3,6,9,13-16H2,(H,28,31)/b27-20+. The molecule has 0 unspecified atom stereocenters. The first kappa shape index (κ1) is 18.7. The van der Waals surface area contributed by atoms with Crippen molar-refractivity contribution < 1.29 is 0 Å². The van der Waals surface area contributed by atoms with Crippen LogP contribution in [-0.2, 0) is 6.42 Å². The first-order chi connectivity index (χ1) is 15.2. The van der Waals surface area contributed by atoms with Crippen LogP contribution < -0.4 is 10.3 Å². The van der Waals surface area contributed by atoms with E-state index < -0.39 is 0 Å². The predicted molar refractivity (Wildman–Crippen MR) is 127 cm³/mol. The second kappa shape index (κ2) is 7.27. The molecule has 2 aliphatic heterocycles. The van der Waals surface area contributed by atoms with E-state index in [9.17, 15) is 0 Å². The van der Waals surface area contributed by atoms with Crippen LogP contribution in [0.15, 0.2) is 59.8 Å². The Morgan fingerprint density at radius 3 is 2.77 bits per heavy atom. The van der Waals surface area contributed by atoms with E-state index in [1.807, 2.05) is 18.3 Å². The van der Waals surface area contributed by atoms with Gasteiger partial charge < -0.3 is 9.80 Å². The van der Waals surface area contributed by atoms with E-state index >= 15 is 0 Å². The van der Waals surface area contributed by atoms with Crippen LogP contribution in [0.3, 0.4) is 0 Å². The SMILES string of the molecule is S=C(N/N=C1\CCCc2cccnc21)N1CC2(C1)CN(c1ccc3ccccc3n1)C2. The molecule has 7 heteroatoms. The van der Waals surface area contributed by atoms with Gasteiger partial charge in [0, 0.05) is 43.2 Å². The lowest BCUT2D eigenvalue weighted by atomic mass is 9.73. The van der Waals surface area contributed by atoms with E-state index in [-0.39, 0.29) is 0 Å². The van der Waals surface area contributed by atoms with Crippen molar-refractivity contribution in [3.8, 4) is 0 Å². The van der Waals surface area contributed by atoms with Crippen LogP contribution in [-0.4, -0.2) is 51.9 Å². The van der Waals surface area contributed by atoms with Gasteiger partial charge in [-0.05, 0) is 61.3 Å². The summed E-state index contributed by atoms with van der Waals surface area (Å²) >= 11 is 5.61. The average molecular weight is 429 g/mol. The number of hydrazone groups is 1. The van der Waals surface area contributed by atoms with Gasteiger partial charge in [-0.15, -0.1) is 0 Å². The third kappa shape index (κ3) is 3.33. The summed E-state index contributed by atoms with van der Waals surface area (Å²) in [6.45, 7) is 4.01. The zero-order valence-corrected chi connectivity index (χ0v) is 18.1. The lowest BCUT2D eigenvalue weighted by Crippen LogP contribution is -2.73. The quantitative estimate of drug-likeness (QED) is 0.499. The van der Waals surface area contributed by atoms with Gasteiger partial charge in [0.15, 0.2) is 5.11 Å². The Bertz CT molecular complexity index is 1190. The Labute approximate surface area is 187 Å². The number of hydrogen-bond donors (Lipinski definition) is 1. The maximum Gasteiger partial charge on any atom is 0.189 e. The Kier molecular flexibility index (Phi) is 4.38. The fourth-order valence-electron chi connectivity index (χ4n) is 5.02. The molecule has 0 bridgehead atoms. The second-order valence-electron chi connectivity index (χ2n) is 8.91. The summed E-state index contributed by atoms with van der Waals surface area (Å²) in [5, 5.41) is 6.51. The second-order valence-corrected chi connectivity index (χ2v) is 9.30. The summed E-state index contributed by atoms with van der Waals surface area (Å²) in [6.07, 6.45) is 4.96. The number of pyridine rings is 2. The van der Waals surface area contributed by atoms with Gasteiger partial charge in [0.25, 0.3) is 0 Å². The molecule has 156 valence electrons. The molecule has 0 saturated carbocycles. The number of hydrogen-bond acceptors (Lipinski definition) is 5. The van der Waals surface area contributed by atoms with Gasteiger partial charge in [-0.3, -0.25) is 10.4 Å². The van der Waals surface area contributed by atoms with Crippen molar-refractivity contribution in [3.05, 3.63) is 66.0 Å². The Morgan fingerprint density at radius 1 is 1.00 bits per heavy atom. The van der Waals surface area contributed by atoms with Crippen LogP contribution in [0.1, 0.15) is 24.1 Å². The molecule has 2 saturated heterocycles. The number of likely N-dealkylation sites (tertiary alicyclic amines) is 1. The number of anilines is 1. The van der Waals surface area contributed by atoms with E-state index in [2.05, 4.69) is 61.7 Å². The number of nitrogens with zero attached hydrogens (tertiary/aromatic N) is 5. The molecule has 0 atom stereocenters. The lowest BCUT2D eigenvalue weighted by molar-refractivity contribution is 0.0284. The highest BCUT2D eigenvalue weighted by Gasteiger charge is 2.52. The van der Waals surface area contributed by atoms with Gasteiger partial charge in [-0.25, -0.2) is 4.98 Å². The first-order valence-electron chi connectivity index (χ1n) is 10.9. The lowest BCUT2D eigenvalue weighted by Gasteiger charge is -2.60. The molecule has 2 fully saturated rings. The topological polar surface area (TPSA) is 56.7 Å². The number of fused-ring (bicyclic) bond motifs is 2. The van der Waals surface area contributed by atoms with Gasteiger partial charge in [0.05, 0.1) is 16.9 Å². The molecule has 3 aromatic rings. The van der Waals surface area contributed by atoms with Crippen molar-refractivity contribution >= 4 is 39.8 Å². The van der Waals surface area contributed by atoms with Gasteiger partial charge in [0.1, 0.15) is 5.82 Å². The van der Waals surface area contributed by atoms with Crippen molar-refractivity contribution in [2.24, 2.45) is 10.5 Å². The van der Waals surface area contributed by atoms with Crippen LogP contribution >= 0.6 is 12.2 Å². The zero-order valence-electron chi connectivity index (χ0n) is 17.3. The molecule has 1 aliphatic carbocycles. The van der Waals surface area contributed by atoms with E-state index in [4.69, 9.17) is 17.2 Å². The van der Waals surface area contributed by atoms with E-state index in [1.54, 1.807) is 0 Å². The highest BCUT2D eigenvalue weighted by molar-refractivity contribution is 7.80. The monoisotopic (exact) mass is 428 g/mol. The van der Waals surface area contributed by atoms with Gasteiger partial charge in [-0.2, -0.15) is 5.10 Å². The Balaban J connectivity index is 1.05. The van der Waals surface area contributed by atoms with Crippen molar-refractivity contribution in [1.29, 1.82) is 0 Å². The van der Waals surface area contributed by atoms with Crippen LogP contribution in [0.25, 0.3) is 10.9 Å². The number of nitrogens with one attached hydrogen (secondary N) is 1. The average Bonchev–Trinajstić information content (AvgIpc) is 2.75. The molecule has 4 heterocycles. The van der Waals surface area contributed by atoms with Crippen LogP contribution in [0.4, 0.5) is 5.82 Å². The zero-order chi connectivity index (χ0) is 20.8. The minimum atomic E-state index is 0.325. The van der Waals surface area contributed by atoms with Gasteiger partial charge in [0.2, 0.25) is 0 Å². The largest absolute Gasteiger partial charge is 0.355 e. The predicted octanol–water partition coefficient (Wildman–Crippen LogP) is 3.37. The van der Waals surface area contributed by atoms with E-state index in [0.717, 1.165) is 68.2 Å². The molecule has 0 amide bonds. The highest BCUT2D eigenvalue weighted by atomic mass is 32.1. The van der Waals surface area contributed by atoms with E-state index in [1.165, 1.54) is 10.9 Å². The first-order valence-corrected chi connectivity index (χ1v) is 11.3. The maximum atomic E-state index is 5.61. The summed E-state index contributed by atoms with van der Waals surface area (Å²) in [5.74, 6) is 1.07. The number of aryl methyl sites for hydroxylation is 1. The molecule has 6 nitrogen and oxygen atoms in total. The maximum absolute atomic E-state index is 5.61. The van der Waals surface area contributed by atoms with Crippen molar-refractivity contribution in [2.45, 2.75) is 19.3 Å². The van der Waals surface area contributed by atoms with Crippen molar-refractivity contribution in [1.82, 2.24) is 20.3 Å². The Hall–Kier alpha value is -3.06. The van der Waals surface area contributed by atoms with E-state index in [0.29, 0.717) is 10.5 Å². The number of benzene rings is 1. The number of para-hydroxylation sites is 1. The molecule has 2 aromatic heterocycles. The molecule has 0 radical (unpaired) electrons. The summed E-state index contributed by atoms with van der Waals surface area (Å²) in [7, 11) is 0. The summed E-state index contributed by atoms with van der Waals surface area (Å²) < 4.78 is 0. The van der Waals surface area contributed by atoms with Crippen molar-refractivity contribution in [3.63, 3.8) is 0 Å². The third-order valence-electron chi connectivity index (χ3n) is 6.61. The minimum Gasteiger partial charge on any atom is -0.355 e. The van der Waals surface area contributed by atoms with Gasteiger partial charge >= 0.3 is 0 Å². The summed E-state index contributed by atoms with van der Waals surface area (Å²) in [6, 6.07) is 16.7.